The number of hydrogen-bond donors (Lipinski definition) is 1. The highest BCUT2D eigenvalue weighted by Gasteiger charge is 2.34. The molecule has 0 radical (unpaired) electrons. The van der Waals surface area contributed by atoms with Gasteiger partial charge in [-0.1, -0.05) is 19.9 Å². The van der Waals surface area contributed by atoms with E-state index in [9.17, 15) is 18.0 Å². The molecular weight excluding hydrogens is 273 g/mol. The van der Waals surface area contributed by atoms with Gasteiger partial charge in [0.15, 0.2) is 0 Å². The average Bonchev–Trinajstić information content (AvgIpc) is 2.33. The zero-order valence-corrected chi connectivity index (χ0v) is 11.1. The highest BCUT2D eigenvalue weighted by atomic mass is 19.4. The van der Waals surface area contributed by atoms with Gasteiger partial charge < -0.3 is 9.84 Å². The molecule has 0 bridgehead atoms. The number of halogens is 3. The second-order valence-electron chi connectivity index (χ2n) is 4.63. The Labute approximate surface area is 114 Å². The van der Waals surface area contributed by atoms with Gasteiger partial charge in [0, 0.05) is 6.08 Å². The third kappa shape index (κ3) is 4.95. The van der Waals surface area contributed by atoms with Gasteiger partial charge in [0.05, 0.1) is 12.2 Å². The predicted molar refractivity (Wildman–Crippen MR) is 68.4 cm³/mol. The smallest absolute Gasteiger partial charge is 0.419 e. The molecule has 0 saturated carbocycles. The van der Waals surface area contributed by atoms with E-state index in [2.05, 4.69) is 0 Å². The number of carboxylic acids is 1. The minimum Gasteiger partial charge on any atom is -0.493 e. The second-order valence-corrected chi connectivity index (χ2v) is 4.63. The number of benzene rings is 1. The Hall–Kier alpha value is -1.98. The van der Waals surface area contributed by atoms with E-state index in [0.29, 0.717) is 0 Å². The molecule has 0 heterocycles. The van der Waals surface area contributed by atoms with Gasteiger partial charge >= 0.3 is 12.1 Å². The molecule has 0 unspecified atom stereocenters. The first-order valence-corrected chi connectivity index (χ1v) is 5.95. The lowest BCUT2D eigenvalue weighted by Crippen LogP contribution is -2.12. The van der Waals surface area contributed by atoms with Crippen LogP contribution in [0.4, 0.5) is 13.2 Å². The van der Waals surface area contributed by atoms with Crippen LogP contribution >= 0.6 is 0 Å². The first kappa shape index (κ1) is 16.1. The fourth-order valence-corrected chi connectivity index (χ4v) is 1.42. The number of rotatable bonds is 5. The SMILES string of the molecule is CC(C)COc1ccc(/C=C/C(=O)O)cc1C(F)(F)F. The van der Waals surface area contributed by atoms with Crippen LogP contribution in [0.1, 0.15) is 25.0 Å². The number of ether oxygens (including phenoxy) is 1. The normalized spacial score (nSPS) is 12.1. The van der Waals surface area contributed by atoms with Crippen LogP contribution in [0.25, 0.3) is 6.08 Å². The molecule has 0 aliphatic heterocycles. The standard InChI is InChI=1S/C14H15F3O3/c1-9(2)8-20-12-5-3-10(4-6-13(18)19)7-11(12)14(15,16)17/h3-7,9H,8H2,1-2H3,(H,18,19)/b6-4+. The number of hydrogen-bond acceptors (Lipinski definition) is 2. The summed E-state index contributed by atoms with van der Waals surface area (Å²) >= 11 is 0. The fraction of sp³-hybridized carbons (Fsp3) is 0.357. The van der Waals surface area contributed by atoms with Crippen LogP contribution in [0.3, 0.4) is 0 Å². The van der Waals surface area contributed by atoms with Gasteiger partial charge in [-0.05, 0) is 29.7 Å². The van der Waals surface area contributed by atoms with E-state index in [1.54, 1.807) is 0 Å². The Bertz CT molecular complexity index is 505. The zero-order chi connectivity index (χ0) is 15.3. The van der Waals surface area contributed by atoms with Crippen LogP contribution in [0.5, 0.6) is 5.75 Å². The number of alkyl halides is 3. The zero-order valence-electron chi connectivity index (χ0n) is 11.1. The molecule has 1 N–H and O–H groups in total. The molecule has 0 saturated heterocycles. The van der Waals surface area contributed by atoms with Crippen molar-refractivity contribution in [1.82, 2.24) is 0 Å². The van der Waals surface area contributed by atoms with Gasteiger partial charge in [0.1, 0.15) is 5.75 Å². The van der Waals surface area contributed by atoms with Crippen molar-refractivity contribution in [3.8, 4) is 5.75 Å². The van der Waals surface area contributed by atoms with Crippen LogP contribution in [0, 0.1) is 5.92 Å². The number of carboxylic acid groups (broad SMARTS) is 1. The summed E-state index contributed by atoms with van der Waals surface area (Å²) in [5.74, 6) is -1.37. The van der Waals surface area contributed by atoms with E-state index in [0.717, 1.165) is 18.2 Å². The van der Waals surface area contributed by atoms with Crippen molar-refractivity contribution >= 4 is 12.0 Å². The molecule has 110 valence electrons. The summed E-state index contributed by atoms with van der Waals surface area (Å²) in [4.78, 5) is 10.4. The Morgan fingerprint density at radius 3 is 2.55 bits per heavy atom. The molecule has 0 fully saturated rings. The fourth-order valence-electron chi connectivity index (χ4n) is 1.42. The minimum absolute atomic E-state index is 0.0997. The van der Waals surface area contributed by atoms with E-state index in [4.69, 9.17) is 9.84 Å². The van der Waals surface area contributed by atoms with Crippen LogP contribution in [0.2, 0.25) is 0 Å². The van der Waals surface area contributed by atoms with Gasteiger partial charge in [-0.2, -0.15) is 13.2 Å². The third-order valence-corrected chi connectivity index (χ3v) is 2.30. The molecule has 0 spiro atoms. The van der Waals surface area contributed by atoms with Crippen LogP contribution in [-0.4, -0.2) is 17.7 Å². The molecule has 0 amide bonds. The molecule has 1 aromatic rings. The monoisotopic (exact) mass is 288 g/mol. The summed E-state index contributed by atoms with van der Waals surface area (Å²) in [6, 6.07) is 3.45. The van der Waals surface area contributed by atoms with Crippen LogP contribution < -0.4 is 4.74 Å². The largest absolute Gasteiger partial charge is 0.493 e. The summed E-state index contributed by atoms with van der Waals surface area (Å²) < 4.78 is 43.9. The van der Waals surface area contributed by atoms with E-state index < -0.39 is 17.7 Å². The molecule has 0 aliphatic carbocycles. The summed E-state index contributed by atoms with van der Waals surface area (Å²) in [6.45, 7) is 3.84. The predicted octanol–water partition coefficient (Wildman–Crippen LogP) is 3.84. The summed E-state index contributed by atoms with van der Waals surface area (Å²) in [5.41, 5.74) is -0.762. The Morgan fingerprint density at radius 2 is 2.05 bits per heavy atom. The number of carbonyl (C=O) groups is 1. The summed E-state index contributed by atoms with van der Waals surface area (Å²) in [5, 5.41) is 8.47. The van der Waals surface area contributed by atoms with Crippen molar-refractivity contribution in [3.63, 3.8) is 0 Å². The van der Waals surface area contributed by atoms with Gasteiger partial charge in [0.2, 0.25) is 0 Å². The first-order chi connectivity index (χ1) is 9.20. The summed E-state index contributed by atoms with van der Waals surface area (Å²) in [7, 11) is 0. The van der Waals surface area contributed by atoms with E-state index in [1.807, 2.05) is 13.8 Å². The molecule has 1 aromatic carbocycles. The Kier molecular flexibility index (Phi) is 5.19. The Balaban J connectivity index is 3.10. The Morgan fingerprint density at radius 1 is 1.40 bits per heavy atom. The maximum absolute atomic E-state index is 12.9. The molecular formula is C14H15F3O3. The van der Waals surface area contributed by atoms with Crippen molar-refractivity contribution < 1.29 is 27.8 Å². The molecule has 6 heteroatoms. The van der Waals surface area contributed by atoms with E-state index >= 15 is 0 Å². The average molecular weight is 288 g/mol. The lowest BCUT2D eigenvalue weighted by molar-refractivity contribution is -0.139. The highest BCUT2D eigenvalue weighted by molar-refractivity contribution is 5.85. The lowest BCUT2D eigenvalue weighted by atomic mass is 10.1. The van der Waals surface area contributed by atoms with Crippen molar-refractivity contribution in [3.05, 3.63) is 35.4 Å². The molecule has 0 atom stereocenters. The van der Waals surface area contributed by atoms with E-state index in [1.165, 1.54) is 12.1 Å². The number of aliphatic carboxylic acids is 1. The molecule has 3 nitrogen and oxygen atoms in total. The second kappa shape index (κ2) is 6.45. The lowest BCUT2D eigenvalue weighted by Gasteiger charge is -2.15. The topological polar surface area (TPSA) is 46.5 Å². The van der Waals surface area contributed by atoms with Crippen LogP contribution in [-0.2, 0) is 11.0 Å². The molecule has 1 rings (SSSR count). The van der Waals surface area contributed by atoms with Crippen LogP contribution in [0.15, 0.2) is 24.3 Å². The van der Waals surface area contributed by atoms with Crippen molar-refractivity contribution in [2.45, 2.75) is 20.0 Å². The van der Waals surface area contributed by atoms with Gasteiger partial charge in [0.25, 0.3) is 0 Å². The third-order valence-electron chi connectivity index (χ3n) is 2.30. The first-order valence-electron chi connectivity index (χ1n) is 5.95. The van der Waals surface area contributed by atoms with Gasteiger partial charge in [-0.25, -0.2) is 4.79 Å². The van der Waals surface area contributed by atoms with Gasteiger partial charge in [-0.3, -0.25) is 0 Å². The molecule has 0 aliphatic rings. The van der Waals surface area contributed by atoms with Crippen molar-refractivity contribution in [2.24, 2.45) is 5.92 Å². The maximum Gasteiger partial charge on any atom is 0.419 e. The summed E-state index contributed by atoms with van der Waals surface area (Å²) in [6.07, 6.45) is -2.67. The van der Waals surface area contributed by atoms with Gasteiger partial charge in [-0.15, -0.1) is 0 Å². The molecule has 20 heavy (non-hydrogen) atoms. The molecule has 0 aromatic heterocycles. The van der Waals surface area contributed by atoms with E-state index in [-0.39, 0.29) is 23.8 Å². The van der Waals surface area contributed by atoms with Crippen molar-refractivity contribution in [1.29, 1.82) is 0 Å². The maximum atomic E-state index is 12.9. The quantitative estimate of drug-likeness (QED) is 0.837. The highest BCUT2D eigenvalue weighted by Crippen LogP contribution is 2.37. The van der Waals surface area contributed by atoms with Crippen molar-refractivity contribution in [2.75, 3.05) is 6.61 Å². The minimum atomic E-state index is -4.56.